The average Bonchev–Trinajstić information content (AvgIpc) is 3.52. The summed E-state index contributed by atoms with van der Waals surface area (Å²) in [6.45, 7) is 0. The van der Waals surface area contributed by atoms with Gasteiger partial charge in [-0.2, -0.15) is 5.10 Å². The number of amides is 2. The van der Waals surface area contributed by atoms with Gasteiger partial charge in [0.2, 0.25) is 5.91 Å². The number of benzene rings is 2. The molecule has 0 bridgehead atoms. The summed E-state index contributed by atoms with van der Waals surface area (Å²) in [4.78, 5) is 32.9. The minimum atomic E-state index is -0.509. The van der Waals surface area contributed by atoms with E-state index in [1.54, 1.807) is 30.3 Å². The van der Waals surface area contributed by atoms with Gasteiger partial charge in [-0.05, 0) is 61.6 Å². The third-order valence-electron chi connectivity index (χ3n) is 6.78. The Morgan fingerprint density at radius 2 is 1.85 bits per heavy atom. The average molecular weight is 446 g/mol. The number of nitrogens with one attached hydrogen (secondary N) is 1. The Bertz CT molecular complexity index is 1130. The molecule has 2 heterocycles. The van der Waals surface area contributed by atoms with Crippen molar-refractivity contribution in [2.24, 2.45) is 5.92 Å². The molecule has 0 radical (unpaired) electrons. The zero-order chi connectivity index (χ0) is 22.8. The largest absolute Gasteiger partial charge is 0.496 e. The molecule has 2 fully saturated rings. The second-order valence-corrected chi connectivity index (χ2v) is 8.65. The number of rotatable bonds is 5. The Morgan fingerprint density at radius 1 is 1.06 bits per heavy atom. The van der Waals surface area contributed by atoms with Crippen LogP contribution in [0, 0.1) is 5.92 Å². The molecule has 0 spiro atoms. The van der Waals surface area contributed by atoms with Gasteiger partial charge in [0, 0.05) is 11.7 Å². The molecule has 1 N–H and O–H groups in total. The van der Waals surface area contributed by atoms with E-state index in [0.29, 0.717) is 29.3 Å². The van der Waals surface area contributed by atoms with E-state index in [1.165, 1.54) is 6.33 Å². The molecule has 2 aromatic carbocycles. The third kappa shape index (κ3) is 4.08. The summed E-state index contributed by atoms with van der Waals surface area (Å²) < 4.78 is 7.09. The Labute approximate surface area is 192 Å². The lowest BCUT2D eigenvalue weighted by atomic mass is 9.84. The number of carbonyl (C=O) groups is 2. The van der Waals surface area contributed by atoms with Gasteiger partial charge in [0.15, 0.2) is 0 Å². The van der Waals surface area contributed by atoms with Crippen molar-refractivity contribution in [3.8, 4) is 11.4 Å². The van der Waals surface area contributed by atoms with Crippen LogP contribution in [-0.4, -0.2) is 50.7 Å². The molecule has 3 atom stereocenters. The molecule has 8 nitrogen and oxygen atoms in total. The quantitative estimate of drug-likeness (QED) is 0.647. The fourth-order valence-corrected chi connectivity index (χ4v) is 5.21. The molecule has 3 aromatic rings. The molecular weight excluding hydrogens is 418 g/mol. The van der Waals surface area contributed by atoms with Crippen molar-refractivity contribution in [1.82, 2.24) is 19.7 Å². The van der Waals surface area contributed by atoms with Crippen molar-refractivity contribution < 1.29 is 14.3 Å². The zero-order valence-corrected chi connectivity index (χ0v) is 18.6. The number of anilines is 1. The molecule has 33 heavy (non-hydrogen) atoms. The molecule has 1 saturated heterocycles. The summed E-state index contributed by atoms with van der Waals surface area (Å²) in [5, 5.41) is 7.14. The van der Waals surface area contributed by atoms with E-state index in [2.05, 4.69) is 15.4 Å². The monoisotopic (exact) mass is 445 g/mol. The van der Waals surface area contributed by atoms with Crippen LogP contribution in [0.25, 0.3) is 5.69 Å². The van der Waals surface area contributed by atoms with Crippen LogP contribution in [0.15, 0.2) is 61.2 Å². The second kappa shape index (κ2) is 9.05. The first-order valence-electron chi connectivity index (χ1n) is 11.4. The number of nitrogens with zero attached hydrogens (tertiary/aromatic N) is 4. The van der Waals surface area contributed by atoms with Crippen LogP contribution in [0.3, 0.4) is 0 Å². The standard InChI is InChI=1S/C25H27N5O3/c1-33-23-9-5-3-7-20(23)25(32)30-21-8-4-2-6-17(21)14-22(30)24(31)28-18-10-12-19(13-11-18)29-16-26-15-27-29/h3,5,7,9-13,15-17,21-22H,2,4,6,8,14H2,1H3,(H,28,31)/t17-,21-,22-/m0/s1. The molecule has 5 rings (SSSR count). The van der Waals surface area contributed by atoms with Crippen LogP contribution in [0.2, 0.25) is 0 Å². The zero-order valence-electron chi connectivity index (χ0n) is 18.6. The van der Waals surface area contributed by atoms with E-state index < -0.39 is 6.04 Å². The number of para-hydroxylation sites is 1. The van der Waals surface area contributed by atoms with E-state index >= 15 is 0 Å². The normalized spacial score (nSPS) is 22.0. The van der Waals surface area contributed by atoms with E-state index in [4.69, 9.17) is 4.74 Å². The molecule has 2 amide bonds. The van der Waals surface area contributed by atoms with Gasteiger partial charge >= 0.3 is 0 Å². The van der Waals surface area contributed by atoms with Crippen molar-refractivity contribution in [3.05, 3.63) is 66.7 Å². The summed E-state index contributed by atoms with van der Waals surface area (Å²) in [6, 6.07) is 14.2. The number of aromatic nitrogens is 3. The highest BCUT2D eigenvalue weighted by Gasteiger charge is 2.48. The third-order valence-corrected chi connectivity index (χ3v) is 6.78. The van der Waals surface area contributed by atoms with E-state index in [-0.39, 0.29) is 17.9 Å². The van der Waals surface area contributed by atoms with Gasteiger partial charge in [-0.25, -0.2) is 9.67 Å². The number of methoxy groups -OCH3 is 1. The lowest BCUT2D eigenvalue weighted by Crippen LogP contribution is -2.47. The van der Waals surface area contributed by atoms with E-state index in [9.17, 15) is 9.59 Å². The number of likely N-dealkylation sites (tertiary alicyclic amines) is 1. The smallest absolute Gasteiger partial charge is 0.258 e. The highest BCUT2D eigenvalue weighted by Crippen LogP contribution is 2.41. The van der Waals surface area contributed by atoms with Gasteiger partial charge in [0.05, 0.1) is 18.4 Å². The maximum atomic E-state index is 13.7. The Kier molecular flexibility index (Phi) is 5.81. The first-order chi connectivity index (χ1) is 16.2. The van der Waals surface area contributed by atoms with Crippen LogP contribution in [0.1, 0.15) is 42.5 Å². The van der Waals surface area contributed by atoms with E-state index in [0.717, 1.165) is 31.4 Å². The molecule has 0 unspecified atom stereocenters. The Morgan fingerprint density at radius 3 is 2.61 bits per heavy atom. The number of hydrogen-bond donors (Lipinski definition) is 1. The van der Waals surface area contributed by atoms with Crippen molar-refractivity contribution >= 4 is 17.5 Å². The summed E-state index contributed by atoms with van der Waals surface area (Å²) in [5.41, 5.74) is 2.04. The Balaban J connectivity index is 1.39. The minimum Gasteiger partial charge on any atom is -0.496 e. The summed E-state index contributed by atoms with van der Waals surface area (Å²) in [6.07, 6.45) is 8.00. The van der Waals surface area contributed by atoms with Gasteiger partial charge < -0.3 is 15.0 Å². The lowest BCUT2D eigenvalue weighted by molar-refractivity contribution is -0.120. The highest BCUT2D eigenvalue weighted by atomic mass is 16.5. The molecule has 170 valence electrons. The predicted octanol–water partition coefficient (Wildman–Crippen LogP) is 3.69. The molecule has 8 heteroatoms. The summed E-state index contributed by atoms with van der Waals surface area (Å²) in [5.74, 6) is 0.595. The van der Waals surface area contributed by atoms with Crippen molar-refractivity contribution in [1.29, 1.82) is 0 Å². The number of ether oxygens (including phenoxy) is 1. The molecule has 2 aliphatic rings. The SMILES string of the molecule is COc1ccccc1C(=O)N1[C@H](C(=O)Nc2ccc(-n3cncn3)cc2)C[C@@H]2CCCC[C@@H]21. The second-order valence-electron chi connectivity index (χ2n) is 8.65. The van der Waals surface area contributed by atoms with Gasteiger partial charge in [0.25, 0.3) is 5.91 Å². The molecular formula is C25H27N5O3. The van der Waals surface area contributed by atoms with Crippen molar-refractivity contribution in [2.75, 3.05) is 12.4 Å². The topological polar surface area (TPSA) is 89.4 Å². The fraction of sp³-hybridized carbons (Fsp3) is 0.360. The summed E-state index contributed by atoms with van der Waals surface area (Å²) >= 11 is 0. The van der Waals surface area contributed by atoms with Gasteiger partial charge in [-0.15, -0.1) is 0 Å². The molecule has 1 aliphatic heterocycles. The fourth-order valence-electron chi connectivity index (χ4n) is 5.21. The first kappa shape index (κ1) is 21.2. The van der Waals surface area contributed by atoms with Crippen LogP contribution < -0.4 is 10.1 Å². The van der Waals surface area contributed by atoms with Crippen molar-refractivity contribution in [3.63, 3.8) is 0 Å². The molecule has 1 saturated carbocycles. The molecule has 1 aliphatic carbocycles. The summed E-state index contributed by atoms with van der Waals surface area (Å²) in [7, 11) is 1.56. The molecule has 1 aromatic heterocycles. The lowest BCUT2D eigenvalue weighted by Gasteiger charge is -2.34. The highest BCUT2D eigenvalue weighted by molar-refractivity contribution is 6.03. The number of carbonyl (C=O) groups excluding carboxylic acids is 2. The van der Waals surface area contributed by atoms with Crippen LogP contribution in [0.5, 0.6) is 5.75 Å². The van der Waals surface area contributed by atoms with Crippen LogP contribution in [-0.2, 0) is 4.79 Å². The predicted molar refractivity (Wildman–Crippen MR) is 123 cm³/mol. The van der Waals surface area contributed by atoms with Gasteiger partial charge in [-0.3, -0.25) is 9.59 Å². The van der Waals surface area contributed by atoms with Crippen molar-refractivity contribution in [2.45, 2.75) is 44.2 Å². The first-order valence-corrected chi connectivity index (χ1v) is 11.4. The Hall–Kier alpha value is -3.68. The number of hydrogen-bond acceptors (Lipinski definition) is 5. The number of fused-ring (bicyclic) bond motifs is 1. The van der Waals surface area contributed by atoms with Crippen LogP contribution >= 0.6 is 0 Å². The van der Waals surface area contributed by atoms with E-state index in [1.807, 2.05) is 41.3 Å². The maximum Gasteiger partial charge on any atom is 0.258 e. The van der Waals surface area contributed by atoms with Gasteiger partial charge in [-0.1, -0.05) is 25.0 Å². The van der Waals surface area contributed by atoms with Gasteiger partial charge in [0.1, 0.15) is 24.4 Å². The maximum absolute atomic E-state index is 13.7. The van der Waals surface area contributed by atoms with Crippen LogP contribution in [0.4, 0.5) is 5.69 Å². The minimum absolute atomic E-state index is 0.0848.